The minimum atomic E-state index is 1.24. The van der Waals surface area contributed by atoms with Gasteiger partial charge < -0.3 is 0 Å². The molecule has 0 saturated carbocycles. The fraction of sp³-hybridized carbons (Fsp3) is 0.0476. The van der Waals surface area contributed by atoms with Crippen LogP contribution in [0.2, 0.25) is 0 Å². The summed E-state index contributed by atoms with van der Waals surface area (Å²) >= 11 is 0. The van der Waals surface area contributed by atoms with Gasteiger partial charge in [0.1, 0.15) is 0 Å². The van der Waals surface area contributed by atoms with Gasteiger partial charge >= 0.3 is 0 Å². The van der Waals surface area contributed by atoms with Crippen LogP contribution in [0, 0.1) is 13.8 Å². The van der Waals surface area contributed by atoms with Crippen molar-refractivity contribution in [1.82, 2.24) is 0 Å². The number of hydrogen-bond acceptors (Lipinski definition) is 0. The van der Waals surface area contributed by atoms with Crippen LogP contribution in [-0.2, 0) is 0 Å². The van der Waals surface area contributed by atoms with Crippen LogP contribution in [0.5, 0.6) is 0 Å². The van der Waals surface area contributed by atoms with Crippen LogP contribution in [0.3, 0.4) is 0 Å². The smallest absolute Gasteiger partial charge is 0.00200 e. The van der Waals surface area contributed by atoms with E-state index in [-0.39, 0.29) is 0 Å². The molecule has 8 aromatic carbocycles. The molecule has 0 radical (unpaired) electrons. The van der Waals surface area contributed by atoms with E-state index >= 15 is 0 Å². The van der Waals surface area contributed by atoms with E-state index < -0.39 is 0 Å². The molecule has 8 aromatic rings. The lowest BCUT2D eigenvalue weighted by Gasteiger charge is -2.20. The molecule has 0 aliphatic rings. The molecular weight excluding hydrogens is 504 g/mol. The molecule has 0 spiro atoms. The summed E-state index contributed by atoms with van der Waals surface area (Å²) in [7, 11) is 0. The van der Waals surface area contributed by atoms with Crippen molar-refractivity contribution in [3.8, 4) is 33.4 Å². The number of rotatable bonds is 3. The third-order valence-corrected chi connectivity index (χ3v) is 8.76. The largest absolute Gasteiger partial charge is 0.0616 e. The Morgan fingerprint density at radius 3 is 1.43 bits per heavy atom. The molecule has 0 aliphatic heterocycles. The number of fused-ring (bicyclic) bond motifs is 4. The van der Waals surface area contributed by atoms with Gasteiger partial charge in [-0.1, -0.05) is 157 Å². The van der Waals surface area contributed by atoms with E-state index in [0.29, 0.717) is 0 Å². The van der Waals surface area contributed by atoms with Crippen LogP contribution in [0.15, 0.2) is 146 Å². The zero-order valence-corrected chi connectivity index (χ0v) is 23.9. The zero-order valence-electron chi connectivity index (χ0n) is 23.9. The van der Waals surface area contributed by atoms with Crippen molar-refractivity contribution in [2.45, 2.75) is 13.8 Å². The van der Waals surface area contributed by atoms with Crippen molar-refractivity contribution >= 4 is 43.1 Å². The Labute approximate surface area is 246 Å². The summed E-state index contributed by atoms with van der Waals surface area (Å²) in [6, 6.07) is 53.8. The number of aryl methyl sites for hydroxylation is 2. The number of benzene rings is 8. The maximum atomic E-state index is 2.37. The molecule has 0 fully saturated rings. The Hall–Kier alpha value is -5.20. The Balaban J connectivity index is 1.42. The van der Waals surface area contributed by atoms with Crippen molar-refractivity contribution in [3.63, 3.8) is 0 Å². The topological polar surface area (TPSA) is 0 Å². The predicted octanol–water partition coefficient (Wildman–Crippen LogP) is 11.9. The van der Waals surface area contributed by atoms with E-state index in [1.54, 1.807) is 0 Å². The number of hydrogen-bond donors (Lipinski definition) is 0. The first-order chi connectivity index (χ1) is 20.7. The highest BCUT2D eigenvalue weighted by Gasteiger charge is 2.18. The van der Waals surface area contributed by atoms with E-state index in [9.17, 15) is 0 Å². The van der Waals surface area contributed by atoms with E-state index in [1.807, 2.05) is 0 Å². The second-order valence-electron chi connectivity index (χ2n) is 11.5. The summed E-state index contributed by atoms with van der Waals surface area (Å²) in [5.41, 5.74) is 10.2. The molecule has 0 N–H and O–H groups in total. The van der Waals surface area contributed by atoms with Crippen molar-refractivity contribution < 1.29 is 0 Å². The zero-order chi connectivity index (χ0) is 28.2. The third kappa shape index (κ3) is 3.91. The van der Waals surface area contributed by atoms with Gasteiger partial charge in [-0.2, -0.15) is 0 Å². The van der Waals surface area contributed by atoms with Gasteiger partial charge in [0.25, 0.3) is 0 Å². The van der Waals surface area contributed by atoms with Crippen LogP contribution in [-0.4, -0.2) is 0 Å². The Morgan fingerprint density at radius 2 is 0.786 bits per heavy atom. The lowest BCUT2D eigenvalue weighted by molar-refractivity contribution is 1.49. The van der Waals surface area contributed by atoms with Gasteiger partial charge in [0.2, 0.25) is 0 Å². The van der Waals surface area contributed by atoms with Crippen molar-refractivity contribution in [2.24, 2.45) is 0 Å². The third-order valence-electron chi connectivity index (χ3n) is 8.76. The fourth-order valence-electron chi connectivity index (χ4n) is 6.79. The van der Waals surface area contributed by atoms with Gasteiger partial charge in [-0.15, -0.1) is 0 Å². The summed E-state index contributed by atoms with van der Waals surface area (Å²) in [5.74, 6) is 0. The second kappa shape index (κ2) is 9.72. The van der Waals surface area contributed by atoms with Gasteiger partial charge in [-0.25, -0.2) is 0 Å². The molecule has 0 saturated heterocycles. The maximum Gasteiger partial charge on any atom is -0.00200 e. The molecule has 0 unspecified atom stereocenters. The first-order valence-electron chi connectivity index (χ1n) is 14.7. The summed E-state index contributed by atoms with van der Waals surface area (Å²) < 4.78 is 0. The Bertz CT molecular complexity index is 2290. The van der Waals surface area contributed by atoms with Crippen molar-refractivity contribution in [3.05, 3.63) is 157 Å². The summed E-state index contributed by atoms with van der Waals surface area (Å²) in [6.45, 7) is 4.40. The highest BCUT2D eigenvalue weighted by atomic mass is 14.2. The molecule has 0 atom stereocenters. The quantitative estimate of drug-likeness (QED) is 0.198. The van der Waals surface area contributed by atoms with Gasteiger partial charge in [0.05, 0.1) is 0 Å². The van der Waals surface area contributed by atoms with E-state index in [4.69, 9.17) is 0 Å². The maximum absolute atomic E-state index is 2.37. The lowest BCUT2D eigenvalue weighted by atomic mass is 9.83. The van der Waals surface area contributed by atoms with Crippen molar-refractivity contribution in [1.29, 1.82) is 0 Å². The highest BCUT2D eigenvalue weighted by Crippen LogP contribution is 2.46. The van der Waals surface area contributed by atoms with Gasteiger partial charge in [0, 0.05) is 0 Å². The van der Waals surface area contributed by atoms with Crippen molar-refractivity contribution in [2.75, 3.05) is 0 Å². The minimum Gasteiger partial charge on any atom is -0.0616 e. The molecule has 0 heterocycles. The molecule has 0 heteroatoms. The first-order valence-corrected chi connectivity index (χ1v) is 14.7. The van der Waals surface area contributed by atoms with E-state index in [1.165, 1.54) is 87.6 Å². The normalized spacial score (nSPS) is 11.6. The fourth-order valence-corrected chi connectivity index (χ4v) is 6.79. The average molecular weight is 535 g/mol. The van der Waals surface area contributed by atoms with E-state index in [2.05, 4.69) is 159 Å². The molecular formula is C42H30. The SMILES string of the molecule is Cc1ccc2c(-c3cccc4ccccc34)c3cc(C)ccc3c(-c3ccc(-c4cccc5ccccc45)cc3)c2c1. The minimum absolute atomic E-state index is 1.24. The van der Waals surface area contributed by atoms with Gasteiger partial charge in [-0.3, -0.25) is 0 Å². The monoisotopic (exact) mass is 534 g/mol. The molecule has 0 bridgehead atoms. The molecule has 0 aromatic heterocycles. The standard InChI is InChI=1S/C42H30/c1-27-18-24-38-39(25-27)41(32-21-19-31(20-22-32)34-15-7-11-29-9-3-5-13-33(29)34)37-23-17-28(2)26-40(37)42(38)36-16-8-12-30-10-4-6-14-35(30)36/h3-26H,1-2H3. The van der Waals surface area contributed by atoms with Crippen LogP contribution in [0.1, 0.15) is 11.1 Å². The lowest BCUT2D eigenvalue weighted by Crippen LogP contribution is -1.93. The molecule has 0 nitrogen and oxygen atoms in total. The van der Waals surface area contributed by atoms with Crippen LogP contribution in [0.25, 0.3) is 76.5 Å². The van der Waals surface area contributed by atoms with Gasteiger partial charge in [0.15, 0.2) is 0 Å². The summed E-state index contributed by atoms with van der Waals surface area (Å²) in [6.07, 6.45) is 0. The molecule has 42 heavy (non-hydrogen) atoms. The highest BCUT2D eigenvalue weighted by molar-refractivity contribution is 6.23. The second-order valence-corrected chi connectivity index (χ2v) is 11.5. The predicted molar refractivity (Wildman–Crippen MR) is 182 cm³/mol. The van der Waals surface area contributed by atoms with Crippen LogP contribution < -0.4 is 0 Å². The van der Waals surface area contributed by atoms with E-state index in [0.717, 1.165) is 0 Å². The Morgan fingerprint density at radius 1 is 0.310 bits per heavy atom. The van der Waals surface area contributed by atoms with Gasteiger partial charge in [-0.05, 0) is 90.3 Å². The van der Waals surface area contributed by atoms with Crippen LogP contribution in [0.4, 0.5) is 0 Å². The first kappa shape index (κ1) is 24.6. The Kier molecular flexibility index (Phi) is 5.69. The molecule has 8 rings (SSSR count). The van der Waals surface area contributed by atoms with Crippen LogP contribution >= 0.6 is 0 Å². The molecule has 0 amide bonds. The summed E-state index contributed by atoms with van der Waals surface area (Å²) in [5, 5.41) is 10.3. The average Bonchev–Trinajstić information content (AvgIpc) is 3.03. The molecule has 198 valence electrons. The molecule has 0 aliphatic carbocycles. The summed E-state index contributed by atoms with van der Waals surface area (Å²) in [4.78, 5) is 0.